The van der Waals surface area contributed by atoms with E-state index in [0.717, 1.165) is 16.9 Å². The molecule has 0 saturated carbocycles. The smallest absolute Gasteiger partial charge is 0.261 e. The number of nitrogens with one attached hydrogen (secondary N) is 2. The minimum Gasteiger partial charge on any atom is -0.494 e. The maximum absolute atomic E-state index is 12.5. The van der Waals surface area contributed by atoms with Gasteiger partial charge >= 0.3 is 0 Å². The van der Waals surface area contributed by atoms with Crippen molar-refractivity contribution in [2.45, 2.75) is 31.6 Å². The van der Waals surface area contributed by atoms with E-state index in [0.29, 0.717) is 30.8 Å². The van der Waals surface area contributed by atoms with Gasteiger partial charge in [-0.3, -0.25) is 9.52 Å². The number of aryl methyl sites for hydroxylation is 2. The maximum atomic E-state index is 12.5. The van der Waals surface area contributed by atoms with Crippen molar-refractivity contribution >= 4 is 27.3 Å². The first-order chi connectivity index (χ1) is 14.9. The predicted octanol–water partition coefficient (Wildman–Crippen LogP) is 4.77. The fourth-order valence-electron chi connectivity index (χ4n) is 2.95. The highest BCUT2D eigenvalue weighted by atomic mass is 32.2. The number of hydrogen-bond donors (Lipinski definition) is 2. The number of ether oxygens (including phenoxy) is 1. The van der Waals surface area contributed by atoms with Crippen LogP contribution < -0.4 is 14.8 Å². The molecule has 0 saturated heterocycles. The van der Waals surface area contributed by atoms with Crippen molar-refractivity contribution < 1.29 is 17.9 Å². The molecule has 0 aliphatic rings. The average molecular weight is 439 g/mol. The van der Waals surface area contributed by atoms with Gasteiger partial charge in [-0.05, 0) is 74.4 Å². The van der Waals surface area contributed by atoms with Crippen LogP contribution in [0.5, 0.6) is 5.75 Å². The zero-order valence-electron chi connectivity index (χ0n) is 17.6. The molecule has 1 amide bonds. The van der Waals surface area contributed by atoms with Crippen molar-refractivity contribution in [2.24, 2.45) is 0 Å². The molecule has 0 fully saturated rings. The SMILES string of the molecule is CCOc1ccc(CCC(=O)Nc2ccc(NS(=O)(=O)c3ccc(C)cc3)cc2)cc1. The Morgan fingerprint density at radius 1 is 0.871 bits per heavy atom. The van der Waals surface area contributed by atoms with Crippen molar-refractivity contribution in [1.29, 1.82) is 0 Å². The van der Waals surface area contributed by atoms with Crippen molar-refractivity contribution in [3.63, 3.8) is 0 Å². The van der Waals surface area contributed by atoms with Crippen molar-refractivity contribution in [3.05, 3.63) is 83.9 Å². The predicted molar refractivity (Wildman–Crippen MR) is 123 cm³/mol. The van der Waals surface area contributed by atoms with Gasteiger partial charge in [0, 0.05) is 17.8 Å². The zero-order valence-corrected chi connectivity index (χ0v) is 18.4. The Balaban J connectivity index is 1.52. The summed E-state index contributed by atoms with van der Waals surface area (Å²) < 4.78 is 32.9. The van der Waals surface area contributed by atoms with Crippen LogP contribution in [-0.4, -0.2) is 20.9 Å². The fraction of sp³-hybridized carbons (Fsp3) is 0.208. The lowest BCUT2D eigenvalue weighted by Gasteiger charge is -2.10. The molecular weight excluding hydrogens is 412 g/mol. The van der Waals surface area contributed by atoms with E-state index >= 15 is 0 Å². The number of hydrogen-bond acceptors (Lipinski definition) is 4. The summed E-state index contributed by atoms with van der Waals surface area (Å²) in [7, 11) is -3.66. The molecule has 3 aromatic carbocycles. The van der Waals surface area contributed by atoms with Crippen LogP contribution in [0.15, 0.2) is 77.7 Å². The zero-order chi connectivity index (χ0) is 22.3. The van der Waals surface area contributed by atoms with E-state index in [1.807, 2.05) is 38.1 Å². The Labute approximate surface area is 183 Å². The molecule has 0 unspecified atom stereocenters. The fourth-order valence-corrected chi connectivity index (χ4v) is 4.01. The molecule has 31 heavy (non-hydrogen) atoms. The molecule has 6 nitrogen and oxygen atoms in total. The second kappa shape index (κ2) is 10.1. The van der Waals surface area contributed by atoms with Gasteiger partial charge in [0.2, 0.25) is 5.91 Å². The van der Waals surface area contributed by atoms with Gasteiger partial charge < -0.3 is 10.1 Å². The van der Waals surface area contributed by atoms with Gasteiger partial charge in [0.15, 0.2) is 0 Å². The van der Waals surface area contributed by atoms with E-state index in [9.17, 15) is 13.2 Å². The molecule has 0 heterocycles. The van der Waals surface area contributed by atoms with Crippen LogP contribution in [0, 0.1) is 6.92 Å². The van der Waals surface area contributed by atoms with Crippen LogP contribution >= 0.6 is 0 Å². The largest absolute Gasteiger partial charge is 0.494 e. The molecule has 3 aromatic rings. The van der Waals surface area contributed by atoms with Crippen molar-refractivity contribution in [1.82, 2.24) is 0 Å². The lowest BCUT2D eigenvalue weighted by atomic mass is 10.1. The van der Waals surface area contributed by atoms with Crippen LogP contribution in [0.1, 0.15) is 24.5 Å². The van der Waals surface area contributed by atoms with Gasteiger partial charge in [0.1, 0.15) is 5.75 Å². The monoisotopic (exact) mass is 438 g/mol. The lowest BCUT2D eigenvalue weighted by Crippen LogP contribution is -2.14. The van der Waals surface area contributed by atoms with Crippen LogP contribution in [0.4, 0.5) is 11.4 Å². The third-order valence-electron chi connectivity index (χ3n) is 4.63. The standard InChI is InChI=1S/C24H26N2O4S/c1-3-30-22-13-6-19(7-14-22)8-17-24(27)25-20-9-11-21(12-10-20)26-31(28,29)23-15-4-18(2)5-16-23/h4-7,9-16,26H,3,8,17H2,1-2H3,(H,25,27). The number of rotatable bonds is 9. The maximum Gasteiger partial charge on any atom is 0.261 e. The minimum atomic E-state index is -3.66. The molecule has 0 aliphatic carbocycles. The summed E-state index contributed by atoms with van der Waals surface area (Å²) in [6, 6.07) is 20.9. The Kier molecular flexibility index (Phi) is 7.31. The molecule has 0 aromatic heterocycles. The Morgan fingerprint density at radius 2 is 1.48 bits per heavy atom. The van der Waals surface area contributed by atoms with Gasteiger partial charge in [-0.15, -0.1) is 0 Å². The summed E-state index contributed by atoms with van der Waals surface area (Å²) >= 11 is 0. The van der Waals surface area contributed by atoms with Crippen LogP contribution in [0.2, 0.25) is 0 Å². The number of anilines is 2. The average Bonchev–Trinajstić information content (AvgIpc) is 2.75. The molecule has 2 N–H and O–H groups in total. The number of sulfonamides is 1. The van der Waals surface area contributed by atoms with Crippen molar-refractivity contribution in [3.8, 4) is 5.75 Å². The van der Waals surface area contributed by atoms with Crippen LogP contribution in [0.25, 0.3) is 0 Å². The normalized spacial score (nSPS) is 11.0. The van der Waals surface area contributed by atoms with E-state index < -0.39 is 10.0 Å². The third-order valence-corrected chi connectivity index (χ3v) is 6.02. The molecular formula is C24H26N2O4S. The lowest BCUT2D eigenvalue weighted by molar-refractivity contribution is -0.116. The topological polar surface area (TPSA) is 84.5 Å². The van der Waals surface area contributed by atoms with Crippen LogP contribution in [0.3, 0.4) is 0 Å². The highest BCUT2D eigenvalue weighted by molar-refractivity contribution is 7.92. The summed E-state index contributed by atoms with van der Waals surface area (Å²) in [4.78, 5) is 12.4. The molecule has 0 spiro atoms. The van der Waals surface area contributed by atoms with E-state index in [2.05, 4.69) is 10.0 Å². The van der Waals surface area contributed by atoms with Gasteiger partial charge in [0.25, 0.3) is 10.0 Å². The molecule has 0 aliphatic heterocycles. The summed E-state index contributed by atoms with van der Waals surface area (Å²) in [5.74, 6) is 0.704. The third kappa shape index (κ3) is 6.58. The number of carbonyl (C=O) groups is 1. The quantitative estimate of drug-likeness (QED) is 0.504. The van der Waals surface area contributed by atoms with Gasteiger partial charge in [0.05, 0.1) is 11.5 Å². The molecule has 3 rings (SSSR count). The first-order valence-electron chi connectivity index (χ1n) is 10.1. The Bertz CT molecular complexity index is 1110. The first-order valence-corrected chi connectivity index (χ1v) is 11.5. The minimum absolute atomic E-state index is 0.109. The van der Waals surface area contributed by atoms with E-state index in [4.69, 9.17) is 4.74 Å². The summed E-state index contributed by atoms with van der Waals surface area (Å²) in [6.07, 6.45) is 0.961. The van der Waals surface area contributed by atoms with Gasteiger partial charge in [-0.2, -0.15) is 0 Å². The molecule has 7 heteroatoms. The highest BCUT2D eigenvalue weighted by Gasteiger charge is 2.13. The molecule has 162 valence electrons. The highest BCUT2D eigenvalue weighted by Crippen LogP contribution is 2.19. The Hall–Kier alpha value is -3.32. The molecule has 0 radical (unpaired) electrons. The van der Waals surface area contributed by atoms with Gasteiger partial charge in [-0.25, -0.2) is 8.42 Å². The molecule has 0 atom stereocenters. The molecule has 0 bridgehead atoms. The second-order valence-corrected chi connectivity index (χ2v) is 8.80. The Morgan fingerprint density at radius 3 is 2.10 bits per heavy atom. The summed E-state index contributed by atoms with van der Waals surface area (Å²) in [5, 5.41) is 2.83. The number of amides is 1. The van der Waals surface area contributed by atoms with E-state index in [-0.39, 0.29) is 10.8 Å². The number of benzene rings is 3. The summed E-state index contributed by atoms with van der Waals surface area (Å²) in [6.45, 7) is 4.45. The van der Waals surface area contributed by atoms with Crippen molar-refractivity contribution in [2.75, 3.05) is 16.6 Å². The number of carbonyl (C=O) groups excluding carboxylic acids is 1. The second-order valence-electron chi connectivity index (χ2n) is 7.12. The van der Waals surface area contributed by atoms with Crippen LogP contribution in [-0.2, 0) is 21.2 Å². The summed E-state index contributed by atoms with van der Waals surface area (Å²) in [5.41, 5.74) is 3.07. The van der Waals surface area contributed by atoms with Gasteiger partial charge in [-0.1, -0.05) is 29.8 Å². The first kappa shape index (κ1) is 22.4. The van der Waals surface area contributed by atoms with E-state index in [1.54, 1.807) is 48.5 Å². The van der Waals surface area contributed by atoms with E-state index in [1.165, 1.54) is 0 Å².